The van der Waals surface area contributed by atoms with E-state index in [9.17, 15) is 9.59 Å². The van der Waals surface area contributed by atoms with Crippen molar-refractivity contribution in [2.75, 3.05) is 10.6 Å². The largest absolute Gasteiger partial charge is 0.322 e. The summed E-state index contributed by atoms with van der Waals surface area (Å²) in [6.45, 7) is 1.93. The molecule has 3 aromatic carbocycles. The fourth-order valence-electron chi connectivity index (χ4n) is 2.50. The number of amides is 2. The SMILES string of the molecule is Cc1cccc(C(=O)Nc2ccc(NC(=O)c3ccc(Cl)cc3Cl)cc2)c1. The fraction of sp³-hybridized carbons (Fsp3) is 0.0476. The molecule has 0 aliphatic rings. The summed E-state index contributed by atoms with van der Waals surface area (Å²) >= 11 is 11.9. The van der Waals surface area contributed by atoms with E-state index in [0.717, 1.165) is 5.56 Å². The molecule has 0 saturated carbocycles. The van der Waals surface area contributed by atoms with Gasteiger partial charge in [-0.25, -0.2) is 0 Å². The monoisotopic (exact) mass is 398 g/mol. The molecule has 3 rings (SSSR count). The first kappa shape index (κ1) is 19.0. The van der Waals surface area contributed by atoms with E-state index in [0.29, 0.717) is 27.5 Å². The Labute approximate surface area is 167 Å². The lowest BCUT2D eigenvalue weighted by molar-refractivity contribution is 0.101. The lowest BCUT2D eigenvalue weighted by Gasteiger charge is -2.09. The van der Waals surface area contributed by atoms with Crippen LogP contribution >= 0.6 is 23.2 Å². The summed E-state index contributed by atoms with van der Waals surface area (Å²) in [5, 5.41) is 6.33. The van der Waals surface area contributed by atoms with Crippen LogP contribution < -0.4 is 10.6 Å². The number of anilines is 2. The Hall–Kier alpha value is -2.82. The number of nitrogens with one attached hydrogen (secondary N) is 2. The van der Waals surface area contributed by atoms with Gasteiger partial charge in [0.15, 0.2) is 0 Å². The maximum Gasteiger partial charge on any atom is 0.257 e. The molecule has 0 fully saturated rings. The molecule has 2 N–H and O–H groups in total. The summed E-state index contributed by atoms with van der Waals surface area (Å²) in [5.74, 6) is -0.531. The van der Waals surface area contributed by atoms with Gasteiger partial charge in [-0.05, 0) is 61.5 Å². The third kappa shape index (κ3) is 4.88. The molecule has 0 atom stereocenters. The van der Waals surface area contributed by atoms with Gasteiger partial charge in [-0.3, -0.25) is 9.59 Å². The van der Waals surface area contributed by atoms with E-state index in [2.05, 4.69) is 10.6 Å². The molecule has 0 aromatic heterocycles. The number of hydrogen-bond donors (Lipinski definition) is 2. The molecule has 27 heavy (non-hydrogen) atoms. The predicted octanol–water partition coefficient (Wildman–Crippen LogP) is 5.81. The van der Waals surface area contributed by atoms with Crippen molar-refractivity contribution in [1.29, 1.82) is 0 Å². The van der Waals surface area contributed by atoms with Crippen molar-refractivity contribution in [2.24, 2.45) is 0 Å². The molecule has 6 heteroatoms. The van der Waals surface area contributed by atoms with Gasteiger partial charge < -0.3 is 10.6 Å². The van der Waals surface area contributed by atoms with Crippen LogP contribution in [0.4, 0.5) is 11.4 Å². The Morgan fingerprint density at radius 1 is 0.778 bits per heavy atom. The second-order valence-corrected chi connectivity index (χ2v) is 6.82. The predicted molar refractivity (Wildman–Crippen MR) is 110 cm³/mol. The summed E-state index contributed by atoms with van der Waals surface area (Å²) < 4.78 is 0. The van der Waals surface area contributed by atoms with E-state index in [4.69, 9.17) is 23.2 Å². The zero-order valence-corrected chi connectivity index (χ0v) is 15.9. The van der Waals surface area contributed by atoms with Crippen LogP contribution in [-0.2, 0) is 0 Å². The van der Waals surface area contributed by atoms with Crippen molar-refractivity contribution in [2.45, 2.75) is 6.92 Å². The van der Waals surface area contributed by atoms with Crippen LogP contribution in [0, 0.1) is 6.92 Å². The summed E-state index contributed by atoms with van der Waals surface area (Å²) in [6.07, 6.45) is 0. The van der Waals surface area contributed by atoms with E-state index in [1.807, 2.05) is 25.1 Å². The number of carbonyl (C=O) groups excluding carboxylic acids is 2. The molecule has 0 unspecified atom stereocenters. The molecule has 0 bridgehead atoms. The first-order valence-electron chi connectivity index (χ1n) is 8.17. The highest BCUT2D eigenvalue weighted by molar-refractivity contribution is 6.37. The van der Waals surface area contributed by atoms with E-state index in [-0.39, 0.29) is 16.8 Å². The number of halogens is 2. The van der Waals surface area contributed by atoms with Gasteiger partial charge in [-0.15, -0.1) is 0 Å². The van der Waals surface area contributed by atoms with Gasteiger partial charge in [-0.1, -0.05) is 40.9 Å². The molecule has 0 aliphatic carbocycles. The molecular formula is C21H16Cl2N2O2. The van der Waals surface area contributed by atoms with Crippen LogP contribution in [0.1, 0.15) is 26.3 Å². The Morgan fingerprint density at radius 2 is 1.41 bits per heavy atom. The maximum atomic E-state index is 12.3. The zero-order valence-electron chi connectivity index (χ0n) is 14.4. The van der Waals surface area contributed by atoms with Crippen LogP contribution in [0.25, 0.3) is 0 Å². The molecule has 2 amide bonds. The Bertz CT molecular complexity index is 1000. The number of benzene rings is 3. The minimum atomic E-state index is -0.340. The van der Waals surface area contributed by atoms with Gasteiger partial charge in [-0.2, -0.15) is 0 Å². The number of aryl methyl sites for hydroxylation is 1. The van der Waals surface area contributed by atoms with E-state index < -0.39 is 0 Å². The Balaban J connectivity index is 1.66. The average molecular weight is 399 g/mol. The fourth-order valence-corrected chi connectivity index (χ4v) is 2.99. The van der Waals surface area contributed by atoms with Gasteiger partial charge in [0.25, 0.3) is 11.8 Å². The highest BCUT2D eigenvalue weighted by Gasteiger charge is 2.11. The lowest BCUT2D eigenvalue weighted by atomic mass is 10.1. The van der Waals surface area contributed by atoms with Crippen molar-refractivity contribution in [3.05, 3.63) is 93.5 Å². The van der Waals surface area contributed by atoms with Crippen molar-refractivity contribution in [3.63, 3.8) is 0 Å². The molecule has 0 saturated heterocycles. The third-order valence-electron chi connectivity index (χ3n) is 3.86. The lowest BCUT2D eigenvalue weighted by Crippen LogP contribution is -2.13. The second-order valence-electron chi connectivity index (χ2n) is 5.98. The minimum absolute atomic E-state index is 0.191. The summed E-state index contributed by atoms with van der Waals surface area (Å²) in [4.78, 5) is 24.6. The van der Waals surface area contributed by atoms with Crippen molar-refractivity contribution in [1.82, 2.24) is 0 Å². The number of rotatable bonds is 4. The van der Waals surface area contributed by atoms with Gasteiger partial charge >= 0.3 is 0 Å². The van der Waals surface area contributed by atoms with E-state index in [1.165, 1.54) is 6.07 Å². The Kier molecular flexibility index (Phi) is 5.79. The summed E-state index contributed by atoms with van der Waals surface area (Å²) in [5.41, 5.74) is 3.15. The van der Waals surface area contributed by atoms with Crippen LogP contribution in [0.5, 0.6) is 0 Å². The maximum absolute atomic E-state index is 12.3. The molecule has 0 spiro atoms. The second kappa shape index (κ2) is 8.25. The van der Waals surface area contributed by atoms with Gasteiger partial charge in [0.05, 0.1) is 10.6 Å². The van der Waals surface area contributed by atoms with Gasteiger partial charge in [0, 0.05) is 22.0 Å². The molecule has 0 heterocycles. The molecule has 0 aliphatic heterocycles. The van der Waals surface area contributed by atoms with E-state index in [1.54, 1.807) is 42.5 Å². The standard InChI is InChI=1S/C21H16Cl2N2O2/c1-13-3-2-4-14(11-13)20(26)24-16-6-8-17(9-7-16)25-21(27)18-10-5-15(22)12-19(18)23/h2-12H,1H3,(H,24,26)(H,25,27). The van der Waals surface area contributed by atoms with Crippen LogP contribution in [-0.4, -0.2) is 11.8 Å². The molecule has 4 nitrogen and oxygen atoms in total. The van der Waals surface area contributed by atoms with Crippen molar-refractivity contribution in [3.8, 4) is 0 Å². The molecular weight excluding hydrogens is 383 g/mol. The third-order valence-corrected chi connectivity index (χ3v) is 4.40. The average Bonchev–Trinajstić information content (AvgIpc) is 2.63. The van der Waals surface area contributed by atoms with Gasteiger partial charge in [0.1, 0.15) is 0 Å². The number of hydrogen-bond acceptors (Lipinski definition) is 2. The zero-order chi connectivity index (χ0) is 19.4. The van der Waals surface area contributed by atoms with Crippen molar-refractivity contribution < 1.29 is 9.59 Å². The van der Waals surface area contributed by atoms with Crippen LogP contribution in [0.15, 0.2) is 66.7 Å². The molecule has 3 aromatic rings. The van der Waals surface area contributed by atoms with Crippen LogP contribution in [0.3, 0.4) is 0 Å². The summed E-state index contributed by atoms with van der Waals surface area (Å²) in [6, 6.07) is 18.9. The number of carbonyl (C=O) groups is 2. The highest BCUT2D eigenvalue weighted by Crippen LogP contribution is 2.22. The normalized spacial score (nSPS) is 10.3. The smallest absolute Gasteiger partial charge is 0.257 e. The van der Waals surface area contributed by atoms with Gasteiger partial charge in [0.2, 0.25) is 0 Å². The highest BCUT2D eigenvalue weighted by atomic mass is 35.5. The minimum Gasteiger partial charge on any atom is -0.322 e. The van der Waals surface area contributed by atoms with Crippen molar-refractivity contribution >= 4 is 46.4 Å². The first-order valence-corrected chi connectivity index (χ1v) is 8.92. The first-order chi connectivity index (χ1) is 12.9. The Morgan fingerprint density at radius 3 is 2.00 bits per heavy atom. The molecule has 136 valence electrons. The summed E-state index contributed by atoms with van der Waals surface area (Å²) in [7, 11) is 0. The quantitative estimate of drug-likeness (QED) is 0.582. The van der Waals surface area contributed by atoms with E-state index >= 15 is 0 Å². The topological polar surface area (TPSA) is 58.2 Å². The molecule has 0 radical (unpaired) electrons. The van der Waals surface area contributed by atoms with Crippen LogP contribution in [0.2, 0.25) is 10.0 Å².